The van der Waals surface area contributed by atoms with Crippen LogP contribution >= 0.6 is 0 Å². The highest BCUT2D eigenvalue weighted by Gasteiger charge is 2.14. The SMILES string of the molecule is O=C(OCCOCCOCCO)c1ccc2c(c1)C#Cc1ccc(C(=O)OCCOCCOCCO)cc1C#Cc1ccc(C(=O)OCCOCCOCCO)cc1C#C2. The lowest BCUT2D eigenvalue weighted by atomic mass is 9.98. The minimum absolute atomic E-state index is 0.000581. The van der Waals surface area contributed by atoms with Crippen LogP contribution in [0.4, 0.5) is 0 Å². The molecule has 1 aliphatic rings. The summed E-state index contributed by atoms with van der Waals surface area (Å²) in [7, 11) is 0. The summed E-state index contributed by atoms with van der Waals surface area (Å²) in [6.07, 6.45) is 0. The van der Waals surface area contributed by atoms with Gasteiger partial charge in [-0.25, -0.2) is 14.4 Å². The maximum Gasteiger partial charge on any atom is 0.338 e. The van der Waals surface area contributed by atoms with E-state index < -0.39 is 17.9 Å². The second kappa shape index (κ2) is 28.0. The molecule has 60 heavy (non-hydrogen) atoms. The van der Waals surface area contributed by atoms with Crippen LogP contribution in [0.3, 0.4) is 0 Å². The smallest absolute Gasteiger partial charge is 0.338 e. The van der Waals surface area contributed by atoms with E-state index in [1.54, 1.807) is 54.6 Å². The van der Waals surface area contributed by atoms with E-state index in [9.17, 15) is 14.4 Å². The van der Waals surface area contributed by atoms with Crippen molar-refractivity contribution in [3.05, 3.63) is 105 Å². The number of ether oxygens (including phenoxy) is 9. The Hall–Kier alpha value is -5.61. The predicted molar refractivity (Wildman–Crippen MR) is 214 cm³/mol. The van der Waals surface area contributed by atoms with Gasteiger partial charge in [0.2, 0.25) is 0 Å². The summed E-state index contributed by atoms with van der Waals surface area (Å²) in [6, 6.07) is 14.4. The van der Waals surface area contributed by atoms with Crippen LogP contribution in [0.2, 0.25) is 0 Å². The van der Waals surface area contributed by atoms with E-state index in [4.69, 9.17) is 58.0 Å². The molecule has 0 saturated heterocycles. The number of rotatable bonds is 27. The van der Waals surface area contributed by atoms with E-state index in [1.807, 2.05) is 0 Å². The molecule has 4 rings (SSSR count). The highest BCUT2D eigenvalue weighted by atomic mass is 16.6. The highest BCUT2D eigenvalue weighted by molar-refractivity contribution is 5.92. The third-order valence-corrected chi connectivity index (χ3v) is 7.97. The maximum absolute atomic E-state index is 13.0. The molecule has 0 aliphatic heterocycles. The van der Waals surface area contributed by atoms with Gasteiger partial charge in [-0.1, -0.05) is 35.5 Å². The van der Waals surface area contributed by atoms with Crippen LogP contribution < -0.4 is 0 Å². The van der Waals surface area contributed by atoms with Crippen molar-refractivity contribution >= 4 is 17.9 Å². The van der Waals surface area contributed by atoms with Crippen LogP contribution in [0.5, 0.6) is 0 Å². The Morgan fingerprint density at radius 1 is 0.333 bits per heavy atom. The number of benzene rings is 3. The summed E-state index contributed by atoms with van der Waals surface area (Å²) in [4.78, 5) is 39.0. The maximum atomic E-state index is 13.0. The topological polar surface area (TPSA) is 195 Å². The molecule has 0 saturated carbocycles. The first kappa shape index (κ1) is 47.1. The molecule has 0 atom stereocenters. The van der Waals surface area contributed by atoms with Gasteiger partial charge in [0.1, 0.15) is 19.8 Å². The number of hydrogen-bond acceptors (Lipinski definition) is 15. The van der Waals surface area contributed by atoms with E-state index in [0.29, 0.717) is 53.2 Å². The van der Waals surface area contributed by atoms with Crippen LogP contribution in [0.25, 0.3) is 0 Å². The quantitative estimate of drug-likeness (QED) is 0.0340. The molecule has 3 aromatic carbocycles. The van der Waals surface area contributed by atoms with Gasteiger partial charge in [-0.15, -0.1) is 0 Å². The average molecular weight is 829 g/mol. The normalized spacial score (nSPS) is 11.1. The predicted octanol–water partition coefficient (Wildman–Crippen LogP) is 1.75. The number of esters is 3. The van der Waals surface area contributed by atoms with Crippen molar-refractivity contribution in [2.75, 3.05) is 119 Å². The first-order chi connectivity index (χ1) is 29.4. The molecule has 3 aromatic rings. The molecular weight excluding hydrogens is 780 g/mol. The molecular formula is C45H48O15. The summed E-state index contributed by atoms with van der Waals surface area (Å²) >= 11 is 0. The first-order valence-electron chi connectivity index (χ1n) is 19.2. The lowest BCUT2D eigenvalue weighted by Gasteiger charge is -2.09. The third kappa shape index (κ3) is 16.9. The minimum Gasteiger partial charge on any atom is -0.460 e. The summed E-state index contributed by atoms with van der Waals surface area (Å²) in [5.41, 5.74) is 3.40. The molecule has 1 aliphatic carbocycles. The Bertz CT molecular complexity index is 1810. The van der Waals surface area contributed by atoms with Gasteiger partial charge in [-0.05, 0) is 54.6 Å². The number of carbonyl (C=O) groups excluding carboxylic acids is 3. The number of fused-ring (bicyclic) bond motifs is 3. The van der Waals surface area contributed by atoms with Crippen molar-refractivity contribution in [2.45, 2.75) is 0 Å². The van der Waals surface area contributed by atoms with Crippen molar-refractivity contribution in [1.82, 2.24) is 0 Å². The van der Waals surface area contributed by atoms with Gasteiger partial charge in [-0.2, -0.15) is 0 Å². The Morgan fingerprint density at radius 2 is 0.567 bits per heavy atom. The molecule has 318 valence electrons. The van der Waals surface area contributed by atoms with E-state index in [2.05, 4.69) is 35.5 Å². The van der Waals surface area contributed by atoms with Crippen LogP contribution in [0.15, 0.2) is 54.6 Å². The number of carbonyl (C=O) groups is 3. The van der Waals surface area contributed by atoms with Gasteiger partial charge in [-0.3, -0.25) is 0 Å². The number of aliphatic hydroxyl groups excluding tert-OH is 3. The molecule has 3 N–H and O–H groups in total. The molecule has 0 unspecified atom stereocenters. The minimum atomic E-state index is -0.595. The number of hydrogen-bond donors (Lipinski definition) is 3. The second-order valence-corrected chi connectivity index (χ2v) is 12.3. The van der Waals surface area contributed by atoms with E-state index in [1.165, 1.54) is 0 Å². The standard InChI is InChI=1S/C45H48O15/c46-13-16-52-19-22-55-25-28-58-43(49)40-10-4-34-1-7-37-31-41(44(50)59-29-26-56-23-20-53-17-14-47)11-5-35(37)3-9-39-33-42(12-6-36(39)2-8-38(34)32-40)45(51)60-30-27-57-24-21-54-18-15-48/h4-6,10-12,31-33,46-48H,13-30H2. The van der Waals surface area contributed by atoms with Gasteiger partial charge in [0, 0.05) is 33.4 Å². The molecule has 0 fully saturated rings. The van der Waals surface area contributed by atoms with Crippen LogP contribution in [0.1, 0.15) is 64.5 Å². The largest absolute Gasteiger partial charge is 0.460 e. The zero-order valence-electron chi connectivity index (χ0n) is 33.2. The fourth-order valence-electron chi connectivity index (χ4n) is 5.04. The Balaban J connectivity index is 1.57. The van der Waals surface area contributed by atoms with Crippen molar-refractivity contribution in [2.24, 2.45) is 0 Å². The lowest BCUT2D eigenvalue weighted by Crippen LogP contribution is -2.14. The molecule has 0 heterocycles. The average Bonchev–Trinajstić information content (AvgIpc) is 3.26. The molecule has 0 radical (unpaired) electrons. The Labute approximate surface area is 348 Å². The van der Waals surface area contributed by atoms with Gasteiger partial charge in [0.15, 0.2) is 0 Å². The Kier molecular flexibility index (Phi) is 21.9. The fourth-order valence-corrected chi connectivity index (χ4v) is 5.04. The third-order valence-electron chi connectivity index (χ3n) is 7.97. The molecule has 0 aromatic heterocycles. The van der Waals surface area contributed by atoms with E-state index >= 15 is 0 Å². The van der Waals surface area contributed by atoms with Crippen LogP contribution in [-0.2, 0) is 42.6 Å². The van der Waals surface area contributed by atoms with Crippen molar-refractivity contribution in [1.29, 1.82) is 0 Å². The Morgan fingerprint density at radius 3 is 0.833 bits per heavy atom. The van der Waals surface area contributed by atoms with E-state index in [0.717, 1.165) is 0 Å². The first-order valence-corrected chi connectivity index (χ1v) is 19.2. The number of aliphatic hydroxyl groups is 3. The molecule has 0 amide bonds. The monoisotopic (exact) mass is 828 g/mol. The van der Waals surface area contributed by atoms with Crippen molar-refractivity contribution in [3.8, 4) is 35.5 Å². The summed E-state index contributed by atoms with van der Waals surface area (Å²) < 4.78 is 47.9. The summed E-state index contributed by atoms with van der Waals surface area (Å²) in [5.74, 6) is 16.9. The zero-order valence-corrected chi connectivity index (χ0v) is 33.2. The lowest BCUT2D eigenvalue weighted by molar-refractivity contribution is 0.00901. The molecule has 0 bridgehead atoms. The van der Waals surface area contributed by atoms with Crippen molar-refractivity contribution in [3.63, 3.8) is 0 Å². The summed E-state index contributed by atoms with van der Waals surface area (Å²) in [6.45, 7) is 2.59. The van der Waals surface area contributed by atoms with Gasteiger partial charge in [0.25, 0.3) is 0 Å². The van der Waals surface area contributed by atoms with Crippen molar-refractivity contribution < 1.29 is 72.3 Å². The molecule has 0 spiro atoms. The van der Waals surface area contributed by atoms with Crippen LogP contribution in [0, 0.1) is 35.5 Å². The molecule has 15 nitrogen and oxygen atoms in total. The van der Waals surface area contributed by atoms with Gasteiger partial charge >= 0.3 is 17.9 Å². The fraction of sp³-hybridized carbons (Fsp3) is 0.400. The summed E-state index contributed by atoms with van der Waals surface area (Å²) in [5, 5.41) is 26.4. The second-order valence-electron chi connectivity index (χ2n) is 12.3. The van der Waals surface area contributed by atoms with E-state index in [-0.39, 0.29) is 116 Å². The zero-order chi connectivity index (χ0) is 42.6. The molecule has 15 heteroatoms. The van der Waals surface area contributed by atoms with Gasteiger partial charge < -0.3 is 58.0 Å². The van der Waals surface area contributed by atoms with Crippen LogP contribution in [-0.4, -0.2) is 152 Å². The van der Waals surface area contributed by atoms with Gasteiger partial charge in [0.05, 0.1) is 116 Å². The highest BCUT2D eigenvalue weighted by Crippen LogP contribution is 2.18.